The summed E-state index contributed by atoms with van der Waals surface area (Å²) in [5, 5.41) is 18.8. The standard InChI is InChI=1S/C18H16N4O2/c1-3-24-16-9-8-12(10-15(16)23)18-21-20-17-11(2)19-13-6-4-5-7-14(13)22(17)18/h4-10,23H,3H2,1-2H3. The molecule has 0 radical (unpaired) electrons. The third-order valence-corrected chi connectivity index (χ3v) is 3.91. The van der Waals surface area contributed by atoms with Crippen LogP contribution in [0.1, 0.15) is 12.6 Å². The molecule has 2 aromatic heterocycles. The Hall–Kier alpha value is -3.15. The molecule has 0 amide bonds. The number of phenols is 1. The van der Waals surface area contributed by atoms with Crippen LogP contribution in [0.2, 0.25) is 0 Å². The highest BCUT2D eigenvalue weighted by atomic mass is 16.5. The van der Waals surface area contributed by atoms with Crippen molar-refractivity contribution in [2.45, 2.75) is 13.8 Å². The van der Waals surface area contributed by atoms with Crippen molar-refractivity contribution >= 4 is 16.7 Å². The second-order valence-corrected chi connectivity index (χ2v) is 5.48. The summed E-state index contributed by atoms with van der Waals surface area (Å²) in [5.41, 5.74) is 4.07. The average molecular weight is 320 g/mol. The fraction of sp³-hybridized carbons (Fsp3) is 0.167. The van der Waals surface area contributed by atoms with Gasteiger partial charge in [-0.3, -0.25) is 4.40 Å². The number of fused-ring (bicyclic) bond motifs is 3. The van der Waals surface area contributed by atoms with Gasteiger partial charge in [-0.15, -0.1) is 10.2 Å². The number of aromatic nitrogens is 4. The highest BCUT2D eigenvalue weighted by Gasteiger charge is 2.15. The molecule has 0 atom stereocenters. The molecule has 0 aliphatic carbocycles. The Bertz CT molecular complexity index is 1060. The first-order chi connectivity index (χ1) is 11.7. The average Bonchev–Trinajstić information content (AvgIpc) is 3.03. The first kappa shape index (κ1) is 14.4. The Morgan fingerprint density at radius 3 is 2.75 bits per heavy atom. The number of rotatable bonds is 3. The largest absolute Gasteiger partial charge is 0.504 e. The summed E-state index contributed by atoms with van der Waals surface area (Å²) in [5.74, 6) is 1.20. The number of hydrogen-bond acceptors (Lipinski definition) is 5. The highest BCUT2D eigenvalue weighted by Crippen LogP contribution is 2.32. The molecule has 24 heavy (non-hydrogen) atoms. The van der Waals surface area contributed by atoms with E-state index in [-0.39, 0.29) is 5.75 Å². The Kier molecular flexibility index (Phi) is 3.30. The van der Waals surface area contributed by atoms with Crippen LogP contribution in [0.15, 0.2) is 42.5 Å². The van der Waals surface area contributed by atoms with Gasteiger partial charge >= 0.3 is 0 Å². The molecule has 2 heterocycles. The summed E-state index contributed by atoms with van der Waals surface area (Å²) < 4.78 is 7.35. The van der Waals surface area contributed by atoms with Gasteiger partial charge in [0.2, 0.25) is 0 Å². The monoisotopic (exact) mass is 320 g/mol. The maximum atomic E-state index is 10.2. The van der Waals surface area contributed by atoms with Gasteiger partial charge in [0.05, 0.1) is 23.3 Å². The Balaban J connectivity index is 1.99. The quantitative estimate of drug-likeness (QED) is 0.626. The summed E-state index contributed by atoms with van der Waals surface area (Å²) in [6, 6.07) is 13.1. The SMILES string of the molecule is CCOc1ccc(-c2nnc3c(C)nc4ccccc4n23)cc1O. The van der Waals surface area contributed by atoms with Crippen molar-refractivity contribution in [2.24, 2.45) is 0 Å². The maximum Gasteiger partial charge on any atom is 0.183 e. The van der Waals surface area contributed by atoms with Crippen LogP contribution in [-0.2, 0) is 0 Å². The molecule has 6 heteroatoms. The number of hydrogen-bond donors (Lipinski definition) is 1. The lowest BCUT2D eigenvalue weighted by molar-refractivity contribution is 0.318. The molecule has 0 saturated heterocycles. The molecule has 0 aliphatic heterocycles. The molecule has 6 nitrogen and oxygen atoms in total. The molecule has 2 aromatic carbocycles. The Labute approximate surface area is 138 Å². The molecule has 0 spiro atoms. The van der Waals surface area contributed by atoms with Gasteiger partial charge in [0.1, 0.15) is 0 Å². The molecule has 0 unspecified atom stereocenters. The van der Waals surface area contributed by atoms with E-state index in [2.05, 4.69) is 15.2 Å². The zero-order valence-electron chi connectivity index (χ0n) is 13.4. The minimum absolute atomic E-state index is 0.0844. The number of para-hydroxylation sites is 2. The first-order valence-corrected chi connectivity index (χ1v) is 7.75. The summed E-state index contributed by atoms with van der Waals surface area (Å²) in [6.45, 7) is 4.29. The second-order valence-electron chi connectivity index (χ2n) is 5.48. The third kappa shape index (κ3) is 2.15. The Morgan fingerprint density at radius 2 is 1.96 bits per heavy atom. The van der Waals surface area contributed by atoms with Gasteiger partial charge in [0, 0.05) is 5.56 Å². The van der Waals surface area contributed by atoms with E-state index < -0.39 is 0 Å². The molecule has 1 N–H and O–H groups in total. The van der Waals surface area contributed by atoms with Crippen LogP contribution in [0.3, 0.4) is 0 Å². The lowest BCUT2D eigenvalue weighted by Crippen LogP contribution is -1.97. The number of aromatic hydroxyl groups is 1. The van der Waals surface area contributed by atoms with Crippen molar-refractivity contribution in [2.75, 3.05) is 6.61 Å². The van der Waals surface area contributed by atoms with Crippen molar-refractivity contribution in [3.63, 3.8) is 0 Å². The first-order valence-electron chi connectivity index (χ1n) is 7.75. The third-order valence-electron chi connectivity index (χ3n) is 3.91. The van der Waals surface area contributed by atoms with Crippen molar-refractivity contribution in [1.82, 2.24) is 19.6 Å². The lowest BCUT2D eigenvalue weighted by atomic mass is 10.2. The highest BCUT2D eigenvalue weighted by molar-refractivity contribution is 5.81. The maximum absolute atomic E-state index is 10.2. The summed E-state index contributed by atoms with van der Waals surface area (Å²) in [4.78, 5) is 4.57. The van der Waals surface area contributed by atoms with E-state index in [0.29, 0.717) is 23.8 Å². The van der Waals surface area contributed by atoms with Crippen LogP contribution in [-0.4, -0.2) is 31.3 Å². The van der Waals surface area contributed by atoms with E-state index in [1.807, 2.05) is 48.6 Å². The van der Waals surface area contributed by atoms with Crippen molar-refractivity contribution in [3.8, 4) is 22.9 Å². The van der Waals surface area contributed by atoms with Crippen LogP contribution in [0.25, 0.3) is 28.1 Å². The van der Waals surface area contributed by atoms with Crippen LogP contribution in [0.4, 0.5) is 0 Å². The van der Waals surface area contributed by atoms with Gasteiger partial charge in [-0.05, 0) is 44.2 Å². The van der Waals surface area contributed by atoms with Gasteiger partial charge in [-0.1, -0.05) is 12.1 Å². The van der Waals surface area contributed by atoms with Crippen LogP contribution >= 0.6 is 0 Å². The Morgan fingerprint density at radius 1 is 1.12 bits per heavy atom. The lowest BCUT2D eigenvalue weighted by Gasteiger charge is -2.09. The summed E-state index contributed by atoms with van der Waals surface area (Å²) in [6.07, 6.45) is 0. The van der Waals surface area contributed by atoms with Gasteiger partial charge in [-0.25, -0.2) is 4.98 Å². The minimum Gasteiger partial charge on any atom is -0.504 e. The number of phenolic OH excluding ortho intramolecular Hbond substituents is 1. The number of nitrogens with zero attached hydrogens (tertiary/aromatic N) is 4. The van der Waals surface area contributed by atoms with Crippen molar-refractivity contribution in [3.05, 3.63) is 48.2 Å². The topological polar surface area (TPSA) is 72.5 Å². The molecular weight excluding hydrogens is 304 g/mol. The van der Waals surface area contributed by atoms with E-state index in [9.17, 15) is 5.11 Å². The van der Waals surface area contributed by atoms with E-state index in [1.54, 1.807) is 12.1 Å². The van der Waals surface area contributed by atoms with Crippen molar-refractivity contribution < 1.29 is 9.84 Å². The molecule has 0 fully saturated rings. The minimum atomic E-state index is 0.0844. The predicted molar refractivity (Wildman–Crippen MR) is 91.3 cm³/mol. The van der Waals surface area contributed by atoms with Crippen LogP contribution in [0, 0.1) is 6.92 Å². The molecule has 120 valence electrons. The number of aryl methyl sites for hydroxylation is 1. The molecular formula is C18H16N4O2. The van der Waals surface area contributed by atoms with Crippen LogP contribution in [0.5, 0.6) is 11.5 Å². The van der Waals surface area contributed by atoms with E-state index in [1.165, 1.54) is 0 Å². The normalized spacial score (nSPS) is 11.2. The second kappa shape index (κ2) is 5.49. The van der Waals surface area contributed by atoms with Gasteiger partial charge < -0.3 is 9.84 Å². The zero-order valence-corrected chi connectivity index (χ0v) is 13.4. The van der Waals surface area contributed by atoms with Crippen LogP contribution < -0.4 is 4.74 Å². The van der Waals surface area contributed by atoms with E-state index >= 15 is 0 Å². The van der Waals surface area contributed by atoms with Gasteiger partial charge in [0.15, 0.2) is 23.0 Å². The summed E-state index contributed by atoms with van der Waals surface area (Å²) >= 11 is 0. The van der Waals surface area contributed by atoms with E-state index in [0.717, 1.165) is 22.3 Å². The molecule has 0 aliphatic rings. The smallest absolute Gasteiger partial charge is 0.183 e. The predicted octanol–water partition coefficient (Wildman–Crippen LogP) is 3.36. The number of ether oxygens (including phenoxy) is 1. The zero-order chi connectivity index (χ0) is 16.7. The summed E-state index contributed by atoms with van der Waals surface area (Å²) in [7, 11) is 0. The molecule has 0 bridgehead atoms. The fourth-order valence-electron chi connectivity index (χ4n) is 2.85. The molecule has 4 aromatic rings. The molecule has 0 saturated carbocycles. The van der Waals surface area contributed by atoms with Crippen molar-refractivity contribution in [1.29, 1.82) is 0 Å². The van der Waals surface area contributed by atoms with Gasteiger partial charge in [0.25, 0.3) is 0 Å². The molecule has 4 rings (SSSR count). The van der Waals surface area contributed by atoms with Gasteiger partial charge in [-0.2, -0.15) is 0 Å². The fourth-order valence-corrected chi connectivity index (χ4v) is 2.85. The number of benzene rings is 2. The van der Waals surface area contributed by atoms with E-state index in [4.69, 9.17) is 4.74 Å².